The van der Waals surface area contributed by atoms with Gasteiger partial charge in [0.1, 0.15) is 5.82 Å². The molecule has 4 heteroatoms. The second kappa shape index (κ2) is 6.05. The van der Waals surface area contributed by atoms with Crippen LogP contribution in [0.25, 0.3) is 0 Å². The van der Waals surface area contributed by atoms with Gasteiger partial charge in [-0.05, 0) is 36.3 Å². The first-order valence-electron chi connectivity index (χ1n) is 5.85. The first kappa shape index (κ1) is 12.4. The van der Waals surface area contributed by atoms with Gasteiger partial charge in [-0.15, -0.1) is 0 Å². The lowest BCUT2D eigenvalue weighted by molar-refractivity contribution is -0.124. The second-order valence-electron chi connectivity index (χ2n) is 4.26. The summed E-state index contributed by atoms with van der Waals surface area (Å²) in [6, 6.07) is 6.23. The number of rotatable bonds is 3. The Bertz CT molecular complexity index is 374. The van der Waals surface area contributed by atoms with Gasteiger partial charge in [-0.3, -0.25) is 4.79 Å². The summed E-state index contributed by atoms with van der Waals surface area (Å²) in [7, 11) is 0. The Balaban J connectivity index is 1.81. The maximum atomic E-state index is 12.7. The molecule has 1 fully saturated rings. The molecule has 0 radical (unpaired) electrons. The summed E-state index contributed by atoms with van der Waals surface area (Å²) in [6.07, 6.45) is 2.11. The van der Waals surface area contributed by atoms with Crippen LogP contribution in [-0.4, -0.2) is 17.4 Å². The summed E-state index contributed by atoms with van der Waals surface area (Å²) in [6.45, 7) is 0.486. The number of amides is 1. The van der Waals surface area contributed by atoms with E-state index in [4.69, 9.17) is 0 Å². The van der Waals surface area contributed by atoms with E-state index in [0.717, 1.165) is 24.2 Å². The van der Waals surface area contributed by atoms with Gasteiger partial charge in [0.2, 0.25) is 5.91 Å². The fourth-order valence-electron chi connectivity index (χ4n) is 1.88. The highest BCUT2D eigenvalue weighted by molar-refractivity contribution is 7.99. The molecule has 2 nitrogen and oxygen atoms in total. The van der Waals surface area contributed by atoms with Crippen LogP contribution in [-0.2, 0) is 11.3 Å². The zero-order valence-corrected chi connectivity index (χ0v) is 10.4. The van der Waals surface area contributed by atoms with Gasteiger partial charge in [0, 0.05) is 18.2 Å². The molecule has 2 rings (SSSR count). The monoisotopic (exact) mass is 253 g/mol. The van der Waals surface area contributed by atoms with Crippen LogP contribution in [0.3, 0.4) is 0 Å². The van der Waals surface area contributed by atoms with Crippen molar-refractivity contribution in [2.75, 3.05) is 11.5 Å². The lowest BCUT2D eigenvalue weighted by atomic mass is 10.0. The van der Waals surface area contributed by atoms with Crippen LogP contribution in [0.15, 0.2) is 24.3 Å². The van der Waals surface area contributed by atoms with Crippen LogP contribution in [0.5, 0.6) is 0 Å². The Morgan fingerprint density at radius 1 is 1.41 bits per heavy atom. The van der Waals surface area contributed by atoms with Crippen molar-refractivity contribution >= 4 is 17.7 Å². The van der Waals surface area contributed by atoms with E-state index in [1.54, 1.807) is 12.1 Å². The third-order valence-corrected chi connectivity index (χ3v) is 4.13. The van der Waals surface area contributed by atoms with Crippen LogP contribution in [0, 0.1) is 11.7 Å². The first-order chi connectivity index (χ1) is 8.25. The maximum absolute atomic E-state index is 12.7. The number of carbonyl (C=O) groups is 1. The molecule has 1 saturated heterocycles. The van der Waals surface area contributed by atoms with Crippen molar-refractivity contribution in [2.45, 2.75) is 19.4 Å². The van der Waals surface area contributed by atoms with E-state index in [0.29, 0.717) is 6.54 Å². The van der Waals surface area contributed by atoms with Crippen molar-refractivity contribution in [3.63, 3.8) is 0 Å². The molecule has 0 aliphatic carbocycles. The molecule has 1 aliphatic rings. The second-order valence-corrected chi connectivity index (χ2v) is 5.41. The van der Waals surface area contributed by atoms with Crippen molar-refractivity contribution < 1.29 is 9.18 Å². The van der Waals surface area contributed by atoms with Gasteiger partial charge in [0.15, 0.2) is 0 Å². The predicted octanol–water partition coefficient (Wildman–Crippen LogP) is 2.59. The highest BCUT2D eigenvalue weighted by atomic mass is 32.2. The van der Waals surface area contributed by atoms with Gasteiger partial charge >= 0.3 is 0 Å². The molecule has 1 aromatic carbocycles. The third-order valence-electron chi connectivity index (χ3n) is 2.91. The van der Waals surface area contributed by atoms with Crippen LogP contribution in [0.1, 0.15) is 18.4 Å². The predicted molar refractivity (Wildman–Crippen MR) is 68.3 cm³/mol. The quantitative estimate of drug-likeness (QED) is 0.897. The van der Waals surface area contributed by atoms with Crippen LogP contribution < -0.4 is 5.32 Å². The molecule has 1 aromatic rings. The van der Waals surface area contributed by atoms with Gasteiger partial charge in [0.25, 0.3) is 0 Å². The molecular formula is C13H16FNOS. The SMILES string of the molecule is O=C(NCc1ccc(F)cc1)C1CCCSC1. The minimum atomic E-state index is -0.247. The van der Waals surface area contributed by atoms with Gasteiger partial charge in [0.05, 0.1) is 0 Å². The van der Waals surface area contributed by atoms with Gasteiger partial charge in [-0.2, -0.15) is 11.8 Å². The number of carbonyl (C=O) groups excluding carboxylic acids is 1. The molecule has 92 valence electrons. The highest BCUT2D eigenvalue weighted by Crippen LogP contribution is 2.22. The van der Waals surface area contributed by atoms with Gasteiger partial charge < -0.3 is 5.32 Å². The molecule has 1 atom stereocenters. The fraction of sp³-hybridized carbons (Fsp3) is 0.462. The van der Waals surface area contributed by atoms with Crippen molar-refractivity contribution in [2.24, 2.45) is 5.92 Å². The van der Waals surface area contributed by atoms with E-state index in [1.165, 1.54) is 17.9 Å². The standard InChI is InChI=1S/C13H16FNOS/c14-12-5-3-10(4-6-12)8-15-13(16)11-2-1-7-17-9-11/h3-6,11H,1-2,7-9H2,(H,15,16). The van der Waals surface area contributed by atoms with E-state index in [2.05, 4.69) is 5.32 Å². The Morgan fingerprint density at radius 2 is 2.18 bits per heavy atom. The normalized spacial score (nSPS) is 19.9. The van der Waals surface area contributed by atoms with Crippen molar-refractivity contribution in [1.29, 1.82) is 0 Å². The summed E-state index contributed by atoms with van der Waals surface area (Å²) < 4.78 is 12.7. The number of benzene rings is 1. The fourth-order valence-corrected chi connectivity index (χ4v) is 3.02. The largest absolute Gasteiger partial charge is 0.352 e. The molecule has 0 aromatic heterocycles. The van der Waals surface area contributed by atoms with Gasteiger partial charge in [-0.1, -0.05) is 12.1 Å². The lowest BCUT2D eigenvalue weighted by Crippen LogP contribution is -2.33. The van der Waals surface area contributed by atoms with Crippen LogP contribution >= 0.6 is 11.8 Å². The zero-order valence-electron chi connectivity index (χ0n) is 9.62. The Kier molecular flexibility index (Phi) is 4.42. The van der Waals surface area contributed by atoms with Crippen LogP contribution in [0.4, 0.5) is 4.39 Å². The topological polar surface area (TPSA) is 29.1 Å². The number of nitrogens with one attached hydrogen (secondary N) is 1. The molecule has 1 heterocycles. The summed E-state index contributed by atoms with van der Waals surface area (Å²) in [4.78, 5) is 11.8. The van der Waals surface area contributed by atoms with Gasteiger partial charge in [-0.25, -0.2) is 4.39 Å². The summed E-state index contributed by atoms with van der Waals surface area (Å²) in [5, 5.41) is 2.91. The molecule has 1 unspecified atom stereocenters. The number of thioether (sulfide) groups is 1. The smallest absolute Gasteiger partial charge is 0.224 e. The minimum Gasteiger partial charge on any atom is -0.352 e. The number of halogens is 1. The summed E-state index contributed by atoms with van der Waals surface area (Å²) in [5.74, 6) is 2.12. The van der Waals surface area contributed by atoms with Crippen molar-refractivity contribution in [3.8, 4) is 0 Å². The highest BCUT2D eigenvalue weighted by Gasteiger charge is 2.20. The van der Waals surface area contributed by atoms with Crippen molar-refractivity contribution in [1.82, 2.24) is 5.32 Å². The average molecular weight is 253 g/mol. The zero-order chi connectivity index (χ0) is 12.1. The third kappa shape index (κ3) is 3.73. The van der Waals surface area contributed by atoms with E-state index in [-0.39, 0.29) is 17.6 Å². The molecule has 1 aliphatic heterocycles. The number of hydrogen-bond acceptors (Lipinski definition) is 2. The summed E-state index contributed by atoms with van der Waals surface area (Å²) in [5.41, 5.74) is 0.934. The van der Waals surface area contributed by atoms with Crippen LogP contribution in [0.2, 0.25) is 0 Å². The minimum absolute atomic E-state index is 0.126. The molecular weight excluding hydrogens is 237 g/mol. The number of hydrogen-bond donors (Lipinski definition) is 1. The molecule has 0 spiro atoms. The molecule has 0 bridgehead atoms. The Labute approximate surface area is 105 Å². The van der Waals surface area contributed by atoms with Crippen molar-refractivity contribution in [3.05, 3.63) is 35.6 Å². The summed E-state index contributed by atoms with van der Waals surface area (Å²) >= 11 is 1.84. The first-order valence-corrected chi connectivity index (χ1v) is 7.01. The van der Waals surface area contributed by atoms with E-state index in [1.807, 2.05) is 11.8 Å². The molecule has 0 saturated carbocycles. The van der Waals surface area contributed by atoms with E-state index in [9.17, 15) is 9.18 Å². The molecule has 1 amide bonds. The maximum Gasteiger partial charge on any atom is 0.224 e. The van der Waals surface area contributed by atoms with E-state index < -0.39 is 0 Å². The average Bonchev–Trinajstić information content (AvgIpc) is 2.39. The Hall–Kier alpha value is -1.03. The molecule has 1 N–H and O–H groups in total. The molecule has 17 heavy (non-hydrogen) atoms. The Morgan fingerprint density at radius 3 is 2.82 bits per heavy atom. The lowest BCUT2D eigenvalue weighted by Gasteiger charge is -2.20. The van der Waals surface area contributed by atoms with E-state index >= 15 is 0 Å².